The fourth-order valence-electron chi connectivity index (χ4n) is 2.29. The summed E-state index contributed by atoms with van der Waals surface area (Å²) in [7, 11) is 0. The minimum atomic E-state index is -0.207. The maximum Gasteiger partial charge on any atom is 0.146 e. The van der Waals surface area contributed by atoms with Crippen LogP contribution in [0.15, 0.2) is 48.5 Å². The average Bonchev–Trinajstić information content (AvgIpc) is 2.38. The van der Waals surface area contributed by atoms with Crippen LogP contribution < -0.4 is 9.64 Å². The van der Waals surface area contributed by atoms with Gasteiger partial charge in [0.25, 0.3) is 0 Å². The molecular weight excluding hydrogens is 229 g/mol. The fraction of sp³-hybridized carbons (Fsp3) is 0.200. The van der Waals surface area contributed by atoms with Crippen molar-refractivity contribution in [3.63, 3.8) is 0 Å². The molecule has 0 aromatic heterocycles. The Labute approximate surface area is 106 Å². The van der Waals surface area contributed by atoms with E-state index in [0.29, 0.717) is 12.2 Å². The van der Waals surface area contributed by atoms with Gasteiger partial charge in [0.1, 0.15) is 17.7 Å². The molecule has 1 unspecified atom stereocenters. The zero-order valence-corrected chi connectivity index (χ0v) is 10.1. The number of hydrogen-bond donors (Lipinski definition) is 0. The quantitative estimate of drug-likeness (QED) is 0.756. The molecule has 0 radical (unpaired) electrons. The zero-order chi connectivity index (χ0) is 12.5. The first kappa shape index (κ1) is 11.1. The van der Waals surface area contributed by atoms with Crippen molar-refractivity contribution in [3.05, 3.63) is 54.3 Å². The van der Waals surface area contributed by atoms with E-state index in [4.69, 9.17) is 4.74 Å². The Hall–Kier alpha value is -2.03. The summed E-state index contributed by atoms with van der Waals surface area (Å²) in [6, 6.07) is 14.6. The van der Waals surface area contributed by atoms with Crippen LogP contribution >= 0.6 is 0 Å². The van der Waals surface area contributed by atoms with Gasteiger partial charge in [0, 0.05) is 0 Å². The van der Waals surface area contributed by atoms with E-state index in [9.17, 15) is 4.39 Å². The molecule has 0 saturated heterocycles. The van der Waals surface area contributed by atoms with E-state index >= 15 is 0 Å². The van der Waals surface area contributed by atoms with Gasteiger partial charge in [0.05, 0.1) is 17.9 Å². The van der Waals surface area contributed by atoms with E-state index < -0.39 is 0 Å². The summed E-state index contributed by atoms with van der Waals surface area (Å²) in [4.78, 5) is 1.97. The van der Waals surface area contributed by atoms with E-state index in [2.05, 4.69) is 0 Å². The molecule has 2 nitrogen and oxygen atoms in total. The van der Waals surface area contributed by atoms with Crippen LogP contribution in [0.3, 0.4) is 0 Å². The van der Waals surface area contributed by atoms with Crippen LogP contribution in [0.5, 0.6) is 5.75 Å². The minimum absolute atomic E-state index is 0.0412. The molecule has 1 heterocycles. The summed E-state index contributed by atoms with van der Waals surface area (Å²) < 4.78 is 19.7. The second kappa shape index (κ2) is 4.33. The van der Waals surface area contributed by atoms with Gasteiger partial charge < -0.3 is 9.64 Å². The Morgan fingerprint density at radius 3 is 2.50 bits per heavy atom. The summed E-state index contributed by atoms with van der Waals surface area (Å²) in [5.74, 6) is 0.598. The molecule has 3 heteroatoms. The monoisotopic (exact) mass is 243 g/mol. The van der Waals surface area contributed by atoms with Crippen LogP contribution in [0, 0.1) is 5.82 Å². The highest BCUT2D eigenvalue weighted by atomic mass is 19.1. The first-order valence-electron chi connectivity index (χ1n) is 6.03. The van der Waals surface area contributed by atoms with Crippen molar-refractivity contribution in [1.29, 1.82) is 0 Å². The highest BCUT2D eigenvalue weighted by Crippen LogP contribution is 2.38. The molecule has 0 fully saturated rings. The van der Waals surface area contributed by atoms with Gasteiger partial charge in [0.15, 0.2) is 0 Å². The first-order valence-corrected chi connectivity index (χ1v) is 6.03. The third-order valence-electron chi connectivity index (χ3n) is 3.07. The van der Waals surface area contributed by atoms with Crippen molar-refractivity contribution in [2.75, 3.05) is 11.4 Å². The molecule has 0 aliphatic carbocycles. The van der Waals surface area contributed by atoms with Crippen LogP contribution in [0.25, 0.3) is 0 Å². The predicted octanol–water partition coefficient (Wildman–Crippen LogP) is 3.74. The van der Waals surface area contributed by atoms with Gasteiger partial charge in [-0.05, 0) is 31.2 Å². The van der Waals surface area contributed by atoms with Crippen molar-refractivity contribution < 1.29 is 9.13 Å². The molecule has 92 valence electrons. The molecule has 0 N–H and O–H groups in total. The smallest absolute Gasteiger partial charge is 0.146 e. The van der Waals surface area contributed by atoms with Crippen LogP contribution in [-0.4, -0.2) is 12.6 Å². The van der Waals surface area contributed by atoms with Crippen LogP contribution in [0.2, 0.25) is 0 Å². The largest absolute Gasteiger partial charge is 0.487 e. The molecule has 1 atom stereocenters. The number of nitrogens with zero attached hydrogens (tertiary/aromatic N) is 1. The van der Waals surface area contributed by atoms with E-state index in [1.165, 1.54) is 6.07 Å². The lowest BCUT2D eigenvalue weighted by Gasteiger charge is -2.35. The number of anilines is 2. The summed E-state index contributed by atoms with van der Waals surface area (Å²) in [5, 5.41) is 0. The van der Waals surface area contributed by atoms with Gasteiger partial charge in [-0.2, -0.15) is 0 Å². The van der Waals surface area contributed by atoms with Gasteiger partial charge in [0.2, 0.25) is 0 Å². The molecule has 0 bridgehead atoms. The second-order valence-electron chi connectivity index (χ2n) is 4.46. The van der Waals surface area contributed by atoms with Gasteiger partial charge in [-0.3, -0.25) is 0 Å². The highest BCUT2D eigenvalue weighted by molar-refractivity contribution is 5.70. The Morgan fingerprint density at radius 1 is 1.06 bits per heavy atom. The molecular formula is C15H14FNO. The van der Waals surface area contributed by atoms with Crippen LogP contribution in [0.1, 0.15) is 6.92 Å². The molecule has 1 aliphatic heterocycles. The normalized spacial score (nSPS) is 18.1. The van der Waals surface area contributed by atoms with E-state index in [-0.39, 0.29) is 11.9 Å². The molecule has 2 aromatic carbocycles. The fourth-order valence-corrected chi connectivity index (χ4v) is 2.29. The van der Waals surface area contributed by atoms with Crippen molar-refractivity contribution >= 4 is 11.4 Å². The van der Waals surface area contributed by atoms with Gasteiger partial charge in [-0.15, -0.1) is 0 Å². The van der Waals surface area contributed by atoms with E-state index in [1.807, 2.05) is 42.2 Å². The minimum Gasteiger partial charge on any atom is -0.487 e. The Kier molecular flexibility index (Phi) is 2.67. The lowest BCUT2D eigenvalue weighted by Crippen LogP contribution is -2.35. The number of para-hydroxylation sites is 3. The maximum absolute atomic E-state index is 13.9. The number of halogens is 1. The number of hydrogen-bond acceptors (Lipinski definition) is 2. The summed E-state index contributed by atoms with van der Waals surface area (Å²) in [6.07, 6.45) is 0.0412. The summed E-state index contributed by atoms with van der Waals surface area (Å²) in [5.41, 5.74) is 1.51. The van der Waals surface area contributed by atoms with Gasteiger partial charge in [-0.25, -0.2) is 4.39 Å². The second-order valence-corrected chi connectivity index (χ2v) is 4.46. The molecule has 1 aliphatic rings. The Balaban J connectivity index is 2.11. The molecule has 0 spiro atoms. The number of ether oxygens (including phenoxy) is 1. The Morgan fingerprint density at radius 2 is 1.72 bits per heavy atom. The summed E-state index contributed by atoms with van der Waals surface area (Å²) in [6.45, 7) is 2.64. The summed E-state index contributed by atoms with van der Waals surface area (Å²) >= 11 is 0. The van der Waals surface area contributed by atoms with E-state index in [1.54, 1.807) is 12.1 Å². The third kappa shape index (κ3) is 1.82. The van der Waals surface area contributed by atoms with Crippen LogP contribution in [-0.2, 0) is 0 Å². The Bertz CT molecular complexity index is 570. The molecule has 0 saturated carbocycles. The highest BCUT2D eigenvalue weighted by Gasteiger charge is 2.25. The number of fused-ring (bicyclic) bond motifs is 1. The molecule has 2 aromatic rings. The van der Waals surface area contributed by atoms with Crippen molar-refractivity contribution in [2.45, 2.75) is 13.0 Å². The third-order valence-corrected chi connectivity index (χ3v) is 3.07. The molecule has 0 amide bonds. The standard InChI is InChI=1S/C15H14FNO/c1-11-10-17(13-7-3-2-6-12(13)16)14-8-4-5-9-15(14)18-11/h2-9,11H,10H2,1H3. The number of benzene rings is 2. The van der Waals surface area contributed by atoms with Crippen molar-refractivity contribution in [3.8, 4) is 5.75 Å². The molecule has 3 rings (SSSR count). The van der Waals surface area contributed by atoms with Crippen molar-refractivity contribution in [2.24, 2.45) is 0 Å². The van der Waals surface area contributed by atoms with Gasteiger partial charge >= 0.3 is 0 Å². The van der Waals surface area contributed by atoms with E-state index in [0.717, 1.165) is 11.4 Å². The maximum atomic E-state index is 13.9. The van der Waals surface area contributed by atoms with Crippen molar-refractivity contribution in [1.82, 2.24) is 0 Å². The number of rotatable bonds is 1. The lowest BCUT2D eigenvalue weighted by atomic mass is 10.1. The topological polar surface area (TPSA) is 12.5 Å². The van der Waals surface area contributed by atoms with Crippen LogP contribution in [0.4, 0.5) is 15.8 Å². The van der Waals surface area contributed by atoms with Gasteiger partial charge in [-0.1, -0.05) is 24.3 Å². The predicted molar refractivity (Wildman–Crippen MR) is 69.9 cm³/mol. The average molecular weight is 243 g/mol. The zero-order valence-electron chi connectivity index (χ0n) is 10.1. The molecule has 18 heavy (non-hydrogen) atoms. The lowest BCUT2D eigenvalue weighted by molar-refractivity contribution is 0.217. The first-order chi connectivity index (χ1) is 8.75. The SMILES string of the molecule is CC1CN(c2ccccc2F)c2ccccc2O1.